The number of rotatable bonds is 13. The number of aldehydes is 1. The molecule has 0 aromatic rings. The zero-order valence-electron chi connectivity index (χ0n) is 29.1. The Morgan fingerprint density at radius 1 is 1.07 bits per heavy atom. The molecule has 256 valence electrons. The van der Waals surface area contributed by atoms with E-state index in [1.807, 2.05) is 6.92 Å². The van der Waals surface area contributed by atoms with Gasteiger partial charge in [-0.05, 0) is 132 Å². The average Bonchev–Trinajstić information content (AvgIpc) is 3.47. The largest absolute Gasteiger partial charge is 0.392 e. The summed E-state index contributed by atoms with van der Waals surface area (Å²) in [6.07, 6.45) is 15.5. The monoisotopic (exact) mass is 627 g/mol. The zero-order chi connectivity index (χ0) is 31.7. The molecule has 0 spiro atoms. The lowest BCUT2D eigenvalue weighted by molar-refractivity contribution is -0.198. The molecule has 2 saturated heterocycles. The van der Waals surface area contributed by atoms with E-state index in [4.69, 9.17) is 4.74 Å². The fourth-order valence-electron chi connectivity index (χ4n) is 13.5. The molecule has 7 nitrogen and oxygen atoms in total. The second-order valence-corrected chi connectivity index (χ2v) is 17.8. The SMILES string of the molecule is CCCN(C[C@H](C)O)C1CCN(C[C@@H]2O[C@@H](C34C[C@@H]5[C@H](C)CC[C@H]5C5(C=O)CC3CC(C(C)C)C54NO)C[C@@H]2CC2CC2)CC1. The molecule has 4 bridgehead atoms. The molecule has 2 aliphatic heterocycles. The van der Waals surface area contributed by atoms with Crippen LogP contribution < -0.4 is 5.48 Å². The molecule has 2 heterocycles. The number of ether oxygens (including phenoxy) is 1. The summed E-state index contributed by atoms with van der Waals surface area (Å²) in [5.74, 6) is 4.15. The number of hydrogen-bond donors (Lipinski definition) is 3. The Bertz CT molecular complexity index is 1060. The highest BCUT2D eigenvalue weighted by molar-refractivity contribution is 5.68. The van der Waals surface area contributed by atoms with E-state index in [1.54, 1.807) is 0 Å². The van der Waals surface area contributed by atoms with Crippen LogP contribution in [-0.2, 0) is 9.53 Å². The van der Waals surface area contributed by atoms with Crippen LogP contribution in [0.5, 0.6) is 0 Å². The predicted octanol–water partition coefficient (Wildman–Crippen LogP) is 5.77. The number of hydrogen-bond acceptors (Lipinski definition) is 7. The Kier molecular flexibility index (Phi) is 9.07. The van der Waals surface area contributed by atoms with Gasteiger partial charge in [0, 0.05) is 24.5 Å². The maximum absolute atomic E-state index is 13.6. The van der Waals surface area contributed by atoms with Crippen molar-refractivity contribution >= 4 is 6.29 Å². The van der Waals surface area contributed by atoms with Crippen molar-refractivity contribution in [2.75, 3.05) is 32.7 Å². The molecule has 0 amide bonds. The molecule has 0 aromatic heterocycles. The lowest BCUT2D eigenvalue weighted by Gasteiger charge is -2.62. The number of fused-ring (bicyclic) bond motifs is 2. The fourth-order valence-corrected chi connectivity index (χ4v) is 13.5. The predicted molar refractivity (Wildman–Crippen MR) is 177 cm³/mol. The van der Waals surface area contributed by atoms with Crippen LogP contribution in [0, 0.1) is 58.2 Å². The third-order valence-corrected chi connectivity index (χ3v) is 15.3. The summed E-state index contributed by atoms with van der Waals surface area (Å²) >= 11 is 0. The van der Waals surface area contributed by atoms with Crippen LogP contribution in [-0.4, -0.2) is 89.0 Å². The van der Waals surface area contributed by atoms with Crippen molar-refractivity contribution in [3.8, 4) is 0 Å². The smallest absolute Gasteiger partial charge is 0.128 e. The Morgan fingerprint density at radius 2 is 1.82 bits per heavy atom. The molecule has 45 heavy (non-hydrogen) atoms. The summed E-state index contributed by atoms with van der Waals surface area (Å²) in [7, 11) is 0. The van der Waals surface area contributed by atoms with Gasteiger partial charge < -0.3 is 24.7 Å². The topological polar surface area (TPSA) is 85.3 Å². The first-order chi connectivity index (χ1) is 21.6. The van der Waals surface area contributed by atoms with Gasteiger partial charge in [-0.15, -0.1) is 0 Å². The van der Waals surface area contributed by atoms with Crippen LogP contribution in [0.3, 0.4) is 0 Å². The summed E-state index contributed by atoms with van der Waals surface area (Å²) in [5, 5.41) is 21.6. The van der Waals surface area contributed by atoms with Gasteiger partial charge in [-0.25, -0.2) is 0 Å². The van der Waals surface area contributed by atoms with Crippen molar-refractivity contribution in [3.05, 3.63) is 0 Å². The van der Waals surface area contributed by atoms with Crippen LogP contribution in [0.2, 0.25) is 0 Å². The van der Waals surface area contributed by atoms with E-state index in [2.05, 4.69) is 43.0 Å². The number of hydroxylamine groups is 1. The number of piperidine rings is 1. The Morgan fingerprint density at radius 3 is 2.44 bits per heavy atom. The van der Waals surface area contributed by atoms with Gasteiger partial charge in [0.2, 0.25) is 0 Å². The molecular formula is C38H65N3O4. The highest BCUT2D eigenvalue weighted by Gasteiger charge is 2.85. The summed E-state index contributed by atoms with van der Waals surface area (Å²) in [4.78, 5) is 18.8. The lowest BCUT2D eigenvalue weighted by Crippen LogP contribution is -2.74. The summed E-state index contributed by atoms with van der Waals surface area (Å²) in [6.45, 7) is 16.3. The van der Waals surface area contributed by atoms with Gasteiger partial charge in [-0.3, -0.25) is 4.90 Å². The number of carbonyl (C=O) groups is 1. The van der Waals surface area contributed by atoms with Crippen molar-refractivity contribution in [3.63, 3.8) is 0 Å². The third kappa shape index (κ3) is 4.97. The van der Waals surface area contributed by atoms with Crippen LogP contribution in [0.1, 0.15) is 112 Å². The van der Waals surface area contributed by atoms with E-state index >= 15 is 0 Å². The van der Waals surface area contributed by atoms with Gasteiger partial charge in [0.15, 0.2) is 0 Å². The van der Waals surface area contributed by atoms with Crippen molar-refractivity contribution in [1.82, 2.24) is 15.3 Å². The molecule has 12 atom stereocenters. The molecule has 7 rings (SSSR count). The second kappa shape index (κ2) is 12.4. The lowest BCUT2D eigenvalue weighted by atomic mass is 9.45. The van der Waals surface area contributed by atoms with Crippen LogP contribution in [0.15, 0.2) is 0 Å². The molecule has 5 aliphatic carbocycles. The molecule has 7 aliphatic rings. The first-order valence-corrected chi connectivity index (χ1v) is 19.3. The Hall–Kier alpha value is -0.570. The summed E-state index contributed by atoms with van der Waals surface area (Å²) in [6, 6.07) is 0.562. The number of aliphatic hydroxyl groups excluding tert-OH is 1. The molecule has 7 heteroatoms. The Balaban J connectivity index is 1.15. The summed E-state index contributed by atoms with van der Waals surface area (Å²) < 4.78 is 7.49. The fraction of sp³-hybridized carbons (Fsp3) is 0.974. The van der Waals surface area contributed by atoms with Gasteiger partial charge in [-0.1, -0.05) is 47.0 Å². The van der Waals surface area contributed by atoms with E-state index in [0.29, 0.717) is 47.5 Å². The van der Waals surface area contributed by atoms with Gasteiger partial charge in [-0.2, -0.15) is 5.48 Å². The van der Waals surface area contributed by atoms with Crippen molar-refractivity contribution in [1.29, 1.82) is 0 Å². The van der Waals surface area contributed by atoms with Crippen LogP contribution in [0.25, 0.3) is 0 Å². The minimum atomic E-state index is -0.583. The number of nitrogens with zero attached hydrogens (tertiary/aromatic N) is 2. The number of aliphatic hydroxyl groups is 1. The number of likely N-dealkylation sites (tertiary alicyclic amines) is 1. The first kappa shape index (κ1) is 33.0. The van der Waals surface area contributed by atoms with Crippen molar-refractivity contribution < 1.29 is 19.8 Å². The van der Waals surface area contributed by atoms with Crippen molar-refractivity contribution in [2.45, 2.75) is 142 Å². The minimum Gasteiger partial charge on any atom is -0.392 e. The molecular weight excluding hydrogens is 562 g/mol. The van der Waals surface area contributed by atoms with Gasteiger partial charge >= 0.3 is 0 Å². The normalized spacial score (nSPS) is 47.2. The zero-order valence-corrected chi connectivity index (χ0v) is 29.1. The van der Waals surface area contributed by atoms with E-state index in [9.17, 15) is 15.1 Å². The average molecular weight is 628 g/mol. The summed E-state index contributed by atoms with van der Waals surface area (Å²) in [5.41, 5.74) is 1.85. The molecule has 5 unspecified atom stereocenters. The molecule has 7 fully saturated rings. The highest BCUT2D eigenvalue weighted by atomic mass is 16.5. The van der Waals surface area contributed by atoms with Gasteiger partial charge in [0.1, 0.15) is 6.29 Å². The quantitative estimate of drug-likeness (QED) is 0.177. The molecule has 5 saturated carbocycles. The van der Waals surface area contributed by atoms with Gasteiger partial charge in [0.05, 0.1) is 29.3 Å². The van der Waals surface area contributed by atoms with E-state index in [0.717, 1.165) is 77.2 Å². The second-order valence-electron chi connectivity index (χ2n) is 17.8. The van der Waals surface area contributed by atoms with E-state index < -0.39 is 11.0 Å². The van der Waals surface area contributed by atoms with Crippen LogP contribution >= 0.6 is 0 Å². The maximum atomic E-state index is 13.6. The van der Waals surface area contributed by atoms with Crippen LogP contribution in [0.4, 0.5) is 0 Å². The number of nitrogens with one attached hydrogen (secondary N) is 1. The molecule has 0 aromatic carbocycles. The van der Waals surface area contributed by atoms with E-state index in [-0.39, 0.29) is 23.7 Å². The van der Waals surface area contributed by atoms with Gasteiger partial charge in [0.25, 0.3) is 0 Å². The Labute approximate surface area is 273 Å². The first-order valence-electron chi connectivity index (χ1n) is 19.3. The number of carbonyl (C=O) groups excluding carboxylic acids is 1. The maximum Gasteiger partial charge on any atom is 0.128 e. The highest BCUT2D eigenvalue weighted by Crippen LogP contribution is 2.82. The molecule has 0 radical (unpaired) electrons. The van der Waals surface area contributed by atoms with E-state index in [1.165, 1.54) is 44.8 Å². The van der Waals surface area contributed by atoms with Crippen molar-refractivity contribution in [2.24, 2.45) is 58.2 Å². The third-order valence-electron chi connectivity index (χ3n) is 15.3. The minimum absolute atomic E-state index is 0.110. The standard InChI is InChI=1S/C38H65N3O4/c1-6-13-41(21-26(5)43)30-11-14-40(15-12-30)22-34-28(16-27-8-9-27)17-35(45-34)37-20-31-25(4)7-10-32(31)36(23-42)19-29(37)18-33(24(2)3)38(36,37)39-44/h23-35,39,43-44H,6-22H2,1-5H3/t25-,26+,28+,29?,31-,32-,33?,34+,35-,36?,37?,38?/m1/s1. The molecule has 3 N–H and O–H groups in total.